The van der Waals surface area contributed by atoms with Crippen LogP contribution in [0.5, 0.6) is 0 Å². The second kappa shape index (κ2) is 4.47. The first-order chi connectivity index (χ1) is 8.31. The van der Waals surface area contributed by atoms with Gasteiger partial charge in [-0.1, -0.05) is 45.5 Å². The number of para-hydroxylation sites is 1. The number of anilines is 2. The number of nitrogens with one attached hydrogen (secondary N) is 1. The fourth-order valence-electron chi connectivity index (χ4n) is 1.62. The van der Waals surface area contributed by atoms with Crippen molar-refractivity contribution in [2.45, 2.75) is 0 Å². The monoisotopic (exact) mass is 304 g/mol. The van der Waals surface area contributed by atoms with Crippen molar-refractivity contribution in [3.05, 3.63) is 53.0 Å². The molecule has 3 aromatic rings. The fraction of sp³-hybridized carbons (Fsp3) is 0. The Labute approximate surface area is 111 Å². The SMILES string of the molecule is Brc1cccc(Nc2nc3ccccc3s2)c1. The molecule has 0 atom stereocenters. The molecule has 0 amide bonds. The third-order valence-corrected chi connectivity index (χ3v) is 3.81. The molecule has 1 heterocycles. The molecule has 2 aromatic carbocycles. The standard InChI is InChI=1S/C13H9BrN2S/c14-9-4-3-5-10(8-9)15-13-16-11-6-1-2-7-12(11)17-13/h1-8H,(H,15,16). The van der Waals surface area contributed by atoms with E-state index in [4.69, 9.17) is 0 Å². The average Bonchev–Trinajstić information content (AvgIpc) is 2.71. The molecule has 0 fully saturated rings. The lowest BCUT2D eigenvalue weighted by atomic mass is 10.3. The molecule has 0 radical (unpaired) electrons. The molecule has 84 valence electrons. The fourth-order valence-corrected chi connectivity index (χ4v) is 2.90. The highest BCUT2D eigenvalue weighted by Gasteiger charge is 2.03. The van der Waals surface area contributed by atoms with Crippen molar-refractivity contribution >= 4 is 48.3 Å². The number of fused-ring (bicyclic) bond motifs is 1. The Morgan fingerprint density at radius 1 is 1.06 bits per heavy atom. The zero-order valence-electron chi connectivity index (χ0n) is 8.85. The van der Waals surface area contributed by atoms with E-state index in [2.05, 4.69) is 32.3 Å². The number of nitrogens with zero attached hydrogens (tertiary/aromatic N) is 1. The number of hydrogen-bond acceptors (Lipinski definition) is 3. The molecule has 0 saturated carbocycles. The molecule has 1 N–H and O–H groups in total. The normalized spacial score (nSPS) is 10.6. The summed E-state index contributed by atoms with van der Waals surface area (Å²) in [6, 6.07) is 16.2. The van der Waals surface area contributed by atoms with Crippen molar-refractivity contribution in [1.29, 1.82) is 0 Å². The van der Waals surface area contributed by atoms with Gasteiger partial charge in [-0.2, -0.15) is 0 Å². The van der Waals surface area contributed by atoms with Crippen molar-refractivity contribution in [2.75, 3.05) is 5.32 Å². The molecule has 0 bridgehead atoms. The number of halogens is 1. The summed E-state index contributed by atoms with van der Waals surface area (Å²) >= 11 is 5.11. The molecule has 1 aromatic heterocycles. The van der Waals surface area contributed by atoms with E-state index in [1.54, 1.807) is 11.3 Å². The van der Waals surface area contributed by atoms with Gasteiger partial charge < -0.3 is 5.32 Å². The largest absolute Gasteiger partial charge is 0.331 e. The van der Waals surface area contributed by atoms with Gasteiger partial charge >= 0.3 is 0 Å². The van der Waals surface area contributed by atoms with Gasteiger partial charge in [0.1, 0.15) is 0 Å². The lowest BCUT2D eigenvalue weighted by molar-refractivity contribution is 1.44. The maximum Gasteiger partial charge on any atom is 0.188 e. The minimum Gasteiger partial charge on any atom is -0.331 e. The summed E-state index contributed by atoms with van der Waals surface area (Å²) in [6.45, 7) is 0. The molecule has 2 nitrogen and oxygen atoms in total. The summed E-state index contributed by atoms with van der Waals surface area (Å²) < 4.78 is 2.26. The van der Waals surface area contributed by atoms with Crippen LogP contribution in [0.25, 0.3) is 10.2 Å². The van der Waals surface area contributed by atoms with E-state index < -0.39 is 0 Å². The number of benzene rings is 2. The number of aromatic nitrogens is 1. The molecule has 0 aliphatic rings. The zero-order valence-corrected chi connectivity index (χ0v) is 11.3. The molecule has 0 saturated heterocycles. The molecule has 0 spiro atoms. The minimum absolute atomic E-state index is 0.921. The topological polar surface area (TPSA) is 24.9 Å². The molecular formula is C13H9BrN2S. The summed E-state index contributed by atoms with van der Waals surface area (Å²) in [5, 5.41) is 4.23. The van der Waals surface area contributed by atoms with E-state index >= 15 is 0 Å². The van der Waals surface area contributed by atoms with E-state index in [9.17, 15) is 0 Å². The molecule has 0 aliphatic heterocycles. The summed E-state index contributed by atoms with van der Waals surface area (Å²) in [4.78, 5) is 4.53. The quantitative estimate of drug-likeness (QED) is 0.735. The molecule has 3 rings (SSSR count). The highest BCUT2D eigenvalue weighted by molar-refractivity contribution is 9.10. The van der Waals surface area contributed by atoms with Crippen LogP contribution in [0.4, 0.5) is 10.8 Å². The predicted octanol–water partition coefficient (Wildman–Crippen LogP) is 4.80. The van der Waals surface area contributed by atoms with Gasteiger partial charge in [0.25, 0.3) is 0 Å². The lowest BCUT2D eigenvalue weighted by Crippen LogP contribution is -1.88. The van der Waals surface area contributed by atoms with Gasteiger partial charge in [-0.15, -0.1) is 0 Å². The maximum absolute atomic E-state index is 4.53. The van der Waals surface area contributed by atoms with Crippen LogP contribution < -0.4 is 5.32 Å². The Kier molecular flexibility index (Phi) is 2.82. The smallest absolute Gasteiger partial charge is 0.188 e. The summed E-state index contributed by atoms with van der Waals surface area (Å²) in [5.74, 6) is 0. The van der Waals surface area contributed by atoms with E-state index in [1.807, 2.05) is 42.5 Å². The molecule has 17 heavy (non-hydrogen) atoms. The van der Waals surface area contributed by atoms with Crippen LogP contribution in [0.15, 0.2) is 53.0 Å². The van der Waals surface area contributed by atoms with E-state index in [-0.39, 0.29) is 0 Å². The van der Waals surface area contributed by atoms with E-state index in [0.29, 0.717) is 0 Å². The predicted molar refractivity (Wildman–Crippen MR) is 77.0 cm³/mol. The Morgan fingerprint density at radius 2 is 1.94 bits per heavy atom. The first-order valence-corrected chi connectivity index (χ1v) is 6.80. The van der Waals surface area contributed by atoms with Gasteiger partial charge in [0.2, 0.25) is 0 Å². The highest BCUT2D eigenvalue weighted by atomic mass is 79.9. The van der Waals surface area contributed by atoms with Crippen LogP contribution in [0, 0.1) is 0 Å². The Morgan fingerprint density at radius 3 is 2.76 bits per heavy atom. The third kappa shape index (κ3) is 2.33. The van der Waals surface area contributed by atoms with Crippen LogP contribution in [0.2, 0.25) is 0 Å². The molecule has 4 heteroatoms. The van der Waals surface area contributed by atoms with Gasteiger partial charge in [-0.05, 0) is 30.3 Å². The Balaban J connectivity index is 1.94. The van der Waals surface area contributed by atoms with Gasteiger partial charge in [0.15, 0.2) is 5.13 Å². The van der Waals surface area contributed by atoms with Crippen molar-refractivity contribution < 1.29 is 0 Å². The summed E-state index contributed by atoms with van der Waals surface area (Å²) in [5.41, 5.74) is 2.08. The summed E-state index contributed by atoms with van der Waals surface area (Å²) in [7, 11) is 0. The second-order valence-electron chi connectivity index (χ2n) is 3.62. The van der Waals surface area contributed by atoms with E-state index in [1.165, 1.54) is 4.70 Å². The number of hydrogen-bond donors (Lipinski definition) is 1. The third-order valence-electron chi connectivity index (χ3n) is 2.37. The van der Waals surface area contributed by atoms with Gasteiger partial charge in [-0.25, -0.2) is 4.98 Å². The zero-order chi connectivity index (χ0) is 11.7. The van der Waals surface area contributed by atoms with Crippen LogP contribution in [-0.4, -0.2) is 4.98 Å². The van der Waals surface area contributed by atoms with Crippen molar-refractivity contribution in [2.24, 2.45) is 0 Å². The van der Waals surface area contributed by atoms with Crippen LogP contribution in [0.1, 0.15) is 0 Å². The molecule has 0 aliphatic carbocycles. The van der Waals surface area contributed by atoms with Crippen molar-refractivity contribution in [3.63, 3.8) is 0 Å². The lowest BCUT2D eigenvalue weighted by Gasteiger charge is -2.01. The Hall–Kier alpha value is -1.39. The number of rotatable bonds is 2. The van der Waals surface area contributed by atoms with Crippen LogP contribution in [-0.2, 0) is 0 Å². The molecule has 0 unspecified atom stereocenters. The maximum atomic E-state index is 4.53. The van der Waals surface area contributed by atoms with Crippen LogP contribution >= 0.6 is 27.3 Å². The van der Waals surface area contributed by atoms with Crippen molar-refractivity contribution in [1.82, 2.24) is 4.98 Å². The Bertz CT molecular complexity index is 630. The first kappa shape index (κ1) is 10.7. The highest BCUT2D eigenvalue weighted by Crippen LogP contribution is 2.28. The van der Waals surface area contributed by atoms with Crippen LogP contribution in [0.3, 0.4) is 0 Å². The first-order valence-electron chi connectivity index (χ1n) is 5.19. The van der Waals surface area contributed by atoms with Gasteiger partial charge in [-0.3, -0.25) is 0 Å². The van der Waals surface area contributed by atoms with Gasteiger partial charge in [0, 0.05) is 10.2 Å². The van der Waals surface area contributed by atoms with Crippen molar-refractivity contribution in [3.8, 4) is 0 Å². The second-order valence-corrected chi connectivity index (χ2v) is 5.57. The van der Waals surface area contributed by atoms with Gasteiger partial charge in [0.05, 0.1) is 10.2 Å². The minimum atomic E-state index is 0.921. The van der Waals surface area contributed by atoms with E-state index in [0.717, 1.165) is 20.8 Å². The number of thiazole rings is 1. The molecular weight excluding hydrogens is 296 g/mol. The summed E-state index contributed by atoms with van der Waals surface area (Å²) in [6.07, 6.45) is 0. The average molecular weight is 305 g/mol.